The highest BCUT2D eigenvalue weighted by molar-refractivity contribution is 8.00. The van der Waals surface area contributed by atoms with Gasteiger partial charge in [0.05, 0.1) is 19.4 Å². The SMILES string of the molecule is COc1ccc(C2SCC(=O)N2c2nnc(CN=c3nnc4c([nH]c5ccccc54)s3)s2)cc1. The molecule has 3 aromatic heterocycles. The molecule has 1 saturated heterocycles. The van der Waals surface area contributed by atoms with Crippen LogP contribution in [0.1, 0.15) is 15.9 Å². The van der Waals surface area contributed by atoms with Crippen LogP contribution in [0, 0.1) is 0 Å². The van der Waals surface area contributed by atoms with Crippen LogP contribution in [-0.2, 0) is 11.3 Å². The lowest BCUT2D eigenvalue weighted by Crippen LogP contribution is -2.27. The summed E-state index contributed by atoms with van der Waals surface area (Å²) in [6.07, 6.45) is 0. The molecule has 9 nitrogen and oxygen atoms in total. The Kier molecular flexibility index (Phi) is 5.47. The van der Waals surface area contributed by atoms with Gasteiger partial charge in [0, 0.05) is 10.9 Å². The number of hydrogen-bond acceptors (Lipinski definition) is 10. The Hall–Kier alpha value is -3.35. The molecule has 1 aliphatic rings. The fourth-order valence-electron chi connectivity index (χ4n) is 3.73. The molecular weight excluding hydrogens is 490 g/mol. The highest BCUT2D eigenvalue weighted by Gasteiger charge is 2.36. The number of carbonyl (C=O) groups is 1. The van der Waals surface area contributed by atoms with Crippen LogP contribution >= 0.6 is 34.4 Å². The minimum atomic E-state index is -0.145. The predicted octanol–water partition coefficient (Wildman–Crippen LogP) is 3.91. The van der Waals surface area contributed by atoms with Crippen LogP contribution in [0.4, 0.5) is 5.13 Å². The van der Waals surface area contributed by atoms with Crippen LogP contribution in [0.3, 0.4) is 0 Å². The van der Waals surface area contributed by atoms with Gasteiger partial charge < -0.3 is 9.72 Å². The van der Waals surface area contributed by atoms with Gasteiger partial charge in [0.15, 0.2) is 0 Å². The Labute approximate surface area is 205 Å². The van der Waals surface area contributed by atoms with Crippen molar-refractivity contribution in [3.8, 4) is 5.75 Å². The molecule has 1 fully saturated rings. The summed E-state index contributed by atoms with van der Waals surface area (Å²) in [4.78, 5) is 23.8. The molecule has 170 valence electrons. The third kappa shape index (κ3) is 3.83. The zero-order chi connectivity index (χ0) is 23.1. The van der Waals surface area contributed by atoms with Crippen LogP contribution in [-0.4, -0.2) is 44.1 Å². The van der Waals surface area contributed by atoms with E-state index in [-0.39, 0.29) is 11.3 Å². The van der Waals surface area contributed by atoms with E-state index in [1.165, 1.54) is 22.7 Å². The number of hydrogen-bond donors (Lipinski definition) is 1. The number of methoxy groups -OCH3 is 1. The van der Waals surface area contributed by atoms with Gasteiger partial charge in [-0.2, -0.15) is 0 Å². The molecule has 0 aliphatic carbocycles. The Morgan fingerprint density at radius 2 is 1.94 bits per heavy atom. The molecule has 1 amide bonds. The maximum atomic E-state index is 12.6. The van der Waals surface area contributed by atoms with Gasteiger partial charge in [-0.05, 0) is 23.8 Å². The summed E-state index contributed by atoms with van der Waals surface area (Å²) >= 11 is 4.39. The second-order valence-electron chi connectivity index (χ2n) is 7.43. The molecule has 1 aliphatic heterocycles. The third-order valence-corrected chi connectivity index (χ3v) is 8.37. The van der Waals surface area contributed by atoms with Gasteiger partial charge >= 0.3 is 0 Å². The third-order valence-electron chi connectivity index (χ3n) is 5.36. The number of H-pyrrole nitrogens is 1. The number of anilines is 1. The number of para-hydroxylation sites is 1. The molecule has 1 atom stereocenters. The van der Waals surface area contributed by atoms with Gasteiger partial charge in [0.1, 0.15) is 26.5 Å². The lowest BCUT2D eigenvalue weighted by Gasteiger charge is -2.21. The molecule has 4 heterocycles. The van der Waals surface area contributed by atoms with E-state index in [1.54, 1.807) is 23.8 Å². The van der Waals surface area contributed by atoms with Crippen LogP contribution in [0.5, 0.6) is 5.75 Å². The van der Waals surface area contributed by atoms with Crippen molar-refractivity contribution in [1.82, 2.24) is 25.4 Å². The fourth-order valence-corrected chi connectivity index (χ4v) is 6.56. The number of ether oxygens (including phenoxy) is 1. The van der Waals surface area contributed by atoms with Crippen molar-refractivity contribution in [2.45, 2.75) is 11.9 Å². The minimum Gasteiger partial charge on any atom is -0.497 e. The molecule has 1 unspecified atom stereocenters. The first-order valence-electron chi connectivity index (χ1n) is 10.3. The smallest absolute Gasteiger partial charge is 0.240 e. The van der Waals surface area contributed by atoms with Crippen molar-refractivity contribution in [3.63, 3.8) is 0 Å². The first-order valence-corrected chi connectivity index (χ1v) is 13.0. The van der Waals surface area contributed by atoms with Crippen molar-refractivity contribution < 1.29 is 9.53 Å². The van der Waals surface area contributed by atoms with E-state index < -0.39 is 0 Å². The van der Waals surface area contributed by atoms with Crippen LogP contribution in [0.2, 0.25) is 0 Å². The lowest BCUT2D eigenvalue weighted by molar-refractivity contribution is -0.115. The Morgan fingerprint density at radius 3 is 2.79 bits per heavy atom. The molecule has 0 spiro atoms. The number of aromatic nitrogens is 5. The Bertz CT molecular complexity index is 1580. The normalized spacial score (nSPS) is 16.7. The molecule has 0 saturated carbocycles. The van der Waals surface area contributed by atoms with Crippen LogP contribution in [0.25, 0.3) is 21.3 Å². The number of amides is 1. The summed E-state index contributed by atoms with van der Waals surface area (Å²) in [6.45, 7) is 0.316. The van der Waals surface area contributed by atoms with E-state index in [2.05, 4.69) is 30.4 Å². The van der Waals surface area contributed by atoms with Gasteiger partial charge in [-0.3, -0.25) is 9.69 Å². The standard InChI is InChI=1S/C22H17N7O2S3/c1-31-13-8-6-12(7-9-13)20-29(17(30)11-32-20)22-28-25-16(33-22)10-23-21-27-26-18-14-4-2-3-5-15(14)24-19(18)34-21/h2-9,20,24H,10-11H2,1H3. The molecule has 0 radical (unpaired) electrons. The van der Waals surface area contributed by atoms with Gasteiger partial charge in [-0.1, -0.05) is 53.0 Å². The summed E-state index contributed by atoms with van der Waals surface area (Å²) in [7, 11) is 1.63. The minimum absolute atomic E-state index is 0.0165. The van der Waals surface area contributed by atoms with E-state index in [1.807, 2.05) is 48.5 Å². The summed E-state index contributed by atoms with van der Waals surface area (Å²) in [5.74, 6) is 1.19. The maximum absolute atomic E-state index is 12.6. The number of fused-ring (bicyclic) bond motifs is 3. The zero-order valence-electron chi connectivity index (χ0n) is 17.8. The molecule has 2 aromatic carbocycles. The highest BCUT2D eigenvalue weighted by atomic mass is 32.2. The largest absolute Gasteiger partial charge is 0.497 e. The summed E-state index contributed by atoms with van der Waals surface area (Å²) in [5.41, 5.74) is 2.88. The number of thioether (sulfide) groups is 1. The van der Waals surface area contributed by atoms with Crippen molar-refractivity contribution in [2.75, 3.05) is 17.8 Å². The van der Waals surface area contributed by atoms with E-state index in [0.29, 0.717) is 27.2 Å². The van der Waals surface area contributed by atoms with Gasteiger partial charge in [0.2, 0.25) is 15.8 Å². The lowest BCUT2D eigenvalue weighted by atomic mass is 10.2. The number of nitrogens with one attached hydrogen (secondary N) is 1. The Balaban J connectivity index is 1.24. The molecular formula is C22H17N7O2S3. The molecule has 0 bridgehead atoms. The average molecular weight is 508 g/mol. The molecule has 34 heavy (non-hydrogen) atoms. The fraction of sp³-hybridized carbons (Fsp3) is 0.182. The van der Waals surface area contributed by atoms with E-state index in [0.717, 1.165) is 32.6 Å². The van der Waals surface area contributed by atoms with Crippen LogP contribution < -0.4 is 14.4 Å². The zero-order valence-corrected chi connectivity index (χ0v) is 20.3. The van der Waals surface area contributed by atoms with Crippen molar-refractivity contribution in [3.05, 3.63) is 63.9 Å². The predicted molar refractivity (Wildman–Crippen MR) is 134 cm³/mol. The molecule has 12 heteroatoms. The van der Waals surface area contributed by atoms with Crippen molar-refractivity contribution in [1.29, 1.82) is 0 Å². The number of nitrogens with zero attached hydrogens (tertiary/aromatic N) is 6. The maximum Gasteiger partial charge on any atom is 0.240 e. The van der Waals surface area contributed by atoms with Crippen molar-refractivity contribution >= 4 is 66.7 Å². The topological polar surface area (TPSA) is 109 Å². The van der Waals surface area contributed by atoms with E-state index >= 15 is 0 Å². The monoisotopic (exact) mass is 507 g/mol. The molecule has 1 N–H and O–H groups in total. The average Bonchev–Trinajstić information content (AvgIpc) is 3.59. The summed E-state index contributed by atoms with van der Waals surface area (Å²) in [5, 5.41) is 19.3. The van der Waals surface area contributed by atoms with Gasteiger partial charge in [-0.15, -0.1) is 32.2 Å². The van der Waals surface area contributed by atoms with Gasteiger partial charge in [0.25, 0.3) is 0 Å². The summed E-state index contributed by atoms with van der Waals surface area (Å²) in [6, 6.07) is 15.7. The number of aromatic amines is 1. The second kappa shape index (κ2) is 8.78. The van der Waals surface area contributed by atoms with Crippen molar-refractivity contribution in [2.24, 2.45) is 4.99 Å². The quantitative estimate of drug-likeness (QED) is 0.384. The first-order chi connectivity index (χ1) is 16.7. The number of carbonyl (C=O) groups excluding carboxylic acids is 1. The first kappa shape index (κ1) is 21.2. The van der Waals surface area contributed by atoms with Gasteiger partial charge in [-0.25, -0.2) is 4.99 Å². The van der Waals surface area contributed by atoms with E-state index in [9.17, 15) is 4.79 Å². The Morgan fingerprint density at radius 1 is 1.09 bits per heavy atom. The highest BCUT2D eigenvalue weighted by Crippen LogP contribution is 2.43. The number of rotatable bonds is 5. The number of benzene rings is 2. The molecule has 5 aromatic rings. The summed E-state index contributed by atoms with van der Waals surface area (Å²) < 4.78 is 5.24. The molecule has 6 rings (SSSR count). The van der Waals surface area contributed by atoms with E-state index in [4.69, 9.17) is 4.74 Å². The second-order valence-corrected chi connectivity index (χ2v) is 10.5. The van der Waals surface area contributed by atoms with Crippen LogP contribution in [0.15, 0.2) is 53.5 Å².